The van der Waals surface area contributed by atoms with Crippen molar-refractivity contribution in [1.29, 1.82) is 0 Å². The van der Waals surface area contributed by atoms with Crippen molar-refractivity contribution < 1.29 is 0 Å². The second kappa shape index (κ2) is 6.68. The molecule has 0 amide bonds. The van der Waals surface area contributed by atoms with Crippen LogP contribution in [-0.4, -0.2) is 22.3 Å². The first kappa shape index (κ1) is 14.0. The van der Waals surface area contributed by atoms with E-state index in [4.69, 9.17) is 5.73 Å². The Hall–Kier alpha value is -1.39. The van der Waals surface area contributed by atoms with Gasteiger partial charge in [0, 0.05) is 28.9 Å². The predicted octanol–water partition coefficient (Wildman–Crippen LogP) is 3.15. The topological polar surface area (TPSA) is 51.8 Å². The number of aromatic nitrogens is 2. The Bertz CT molecular complexity index is 508. The molecule has 1 aromatic carbocycles. The molecule has 1 atom stereocenters. The quantitative estimate of drug-likeness (QED) is 0.850. The minimum absolute atomic E-state index is 0.190. The zero-order valence-corrected chi connectivity index (χ0v) is 12.2. The first-order chi connectivity index (χ1) is 9.22. The fourth-order valence-corrected chi connectivity index (χ4v) is 2.20. The van der Waals surface area contributed by atoms with E-state index in [1.165, 1.54) is 4.90 Å². The van der Waals surface area contributed by atoms with E-state index in [0.717, 1.165) is 29.8 Å². The average molecular weight is 273 g/mol. The van der Waals surface area contributed by atoms with E-state index in [2.05, 4.69) is 47.4 Å². The second-order valence-electron chi connectivity index (χ2n) is 4.52. The Morgan fingerprint density at radius 2 is 1.79 bits per heavy atom. The van der Waals surface area contributed by atoms with Crippen molar-refractivity contribution in [2.45, 2.75) is 30.7 Å². The number of nitrogens with two attached hydrogens (primary N) is 1. The molecule has 0 aliphatic carbocycles. The Morgan fingerprint density at radius 1 is 1.16 bits per heavy atom. The highest BCUT2D eigenvalue weighted by molar-refractivity contribution is 7.98. The SMILES string of the molecule is CCC(N)Cc1cnc(-c2ccc(SC)cc2)nc1. The number of nitrogens with zero attached hydrogens (tertiary/aromatic N) is 2. The molecule has 1 aromatic heterocycles. The first-order valence-corrected chi connectivity index (χ1v) is 7.66. The molecule has 0 saturated heterocycles. The third-order valence-electron chi connectivity index (χ3n) is 3.08. The predicted molar refractivity (Wildman–Crippen MR) is 81.2 cm³/mol. The molecule has 2 aromatic rings. The molecule has 0 fully saturated rings. The largest absolute Gasteiger partial charge is 0.327 e. The third-order valence-corrected chi connectivity index (χ3v) is 3.82. The fraction of sp³-hybridized carbons (Fsp3) is 0.333. The van der Waals surface area contributed by atoms with Crippen molar-refractivity contribution in [2.75, 3.05) is 6.26 Å². The van der Waals surface area contributed by atoms with Crippen molar-refractivity contribution >= 4 is 11.8 Å². The van der Waals surface area contributed by atoms with E-state index < -0.39 is 0 Å². The van der Waals surface area contributed by atoms with Gasteiger partial charge in [0.15, 0.2) is 5.82 Å². The van der Waals surface area contributed by atoms with Crippen LogP contribution >= 0.6 is 11.8 Å². The zero-order chi connectivity index (χ0) is 13.7. The van der Waals surface area contributed by atoms with Gasteiger partial charge in [0.1, 0.15) is 0 Å². The number of hydrogen-bond donors (Lipinski definition) is 1. The monoisotopic (exact) mass is 273 g/mol. The van der Waals surface area contributed by atoms with Crippen LogP contribution in [0.15, 0.2) is 41.6 Å². The maximum atomic E-state index is 5.93. The summed E-state index contributed by atoms with van der Waals surface area (Å²) in [4.78, 5) is 10.1. The van der Waals surface area contributed by atoms with Crippen molar-refractivity contribution in [3.63, 3.8) is 0 Å². The van der Waals surface area contributed by atoms with Gasteiger partial charge in [0.25, 0.3) is 0 Å². The molecule has 1 heterocycles. The number of benzene rings is 1. The van der Waals surface area contributed by atoms with Crippen LogP contribution in [0, 0.1) is 0 Å². The first-order valence-electron chi connectivity index (χ1n) is 6.44. The molecule has 0 radical (unpaired) electrons. The summed E-state index contributed by atoms with van der Waals surface area (Å²) in [6.45, 7) is 2.09. The summed E-state index contributed by atoms with van der Waals surface area (Å²) in [7, 11) is 0. The summed E-state index contributed by atoms with van der Waals surface area (Å²) in [5, 5.41) is 0. The van der Waals surface area contributed by atoms with Crippen molar-refractivity contribution in [3.8, 4) is 11.4 Å². The van der Waals surface area contributed by atoms with Crippen molar-refractivity contribution in [1.82, 2.24) is 9.97 Å². The molecule has 100 valence electrons. The molecule has 2 rings (SSSR count). The van der Waals surface area contributed by atoms with E-state index in [0.29, 0.717) is 0 Å². The highest BCUT2D eigenvalue weighted by Crippen LogP contribution is 2.20. The molecular formula is C15H19N3S. The lowest BCUT2D eigenvalue weighted by Gasteiger charge is -2.08. The third kappa shape index (κ3) is 3.78. The molecule has 3 nitrogen and oxygen atoms in total. The van der Waals surface area contributed by atoms with Crippen LogP contribution in [0.2, 0.25) is 0 Å². The highest BCUT2D eigenvalue weighted by Gasteiger charge is 2.04. The fourth-order valence-electron chi connectivity index (χ4n) is 1.80. The van der Waals surface area contributed by atoms with Crippen LogP contribution in [0.3, 0.4) is 0 Å². The summed E-state index contributed by atoms with van der Waals surface area (Å²) < 4.78 is 0. The lowest BCUT2D eigenvalue weighted by molar-refractivity contribution is 0.643. The lowest BCUT2D eigenvalue weighted by Crippen LogP contribution is -2.21. The highest BCUT2D eigenvalue weighted by atomic mass is 32.2. The second-order valence-corrected chi connectivity index (χ2v) is 5.40. The zero-order valence-electron chi connectivity index (χ0n) is 11.3. The number of hydrogen-bond acceptors (Lipinski definition) is 4. The van der Waals surface area contributed by atoms with Gasteiger partial charge in [0.2, 0.25) is 0 Å². The molecule has 0 spiro atoms. The van der Waals surface area contributed by atoms with E-state index >= 15 is 0 Å². The van der Waals surface area contributed by atoms with Crippen molar-refractivity contribution in [2.24, 2.45) is 5.73 Å². The molecule has 0 saturated carbocycles. The van der Waals surface area contributed by atoms with Gasteiger partial charge in [0.05, 0.1) is 0 Å². The van der Waals surface area contributed by atoms with Gasteiger partial charge >= 0.3 is 0 Å². The van der Waals surface area contributed by atoms with Crippen LogP contribution in [0.4, 0.5) is 0 Å². The van der Waals surface area contributed by atoms with E-state index in [1.807, 2.05) is 12.4 Å². The van der Waals surface area contributed by atoms with Gasteiger partial charge in [-0.25, -0.2) is 9.97 Å². The Balaban J connectivity index is 2.12. The normalized spacial score (nSPS) is 12.4. The smallest absolute Gasteiger partial charge is 0.159 e. The van der Waals surface area contributed by atoms with Gasteiger partial charge < -0.3 is 5.73 Å². The molecule has 0 bridgehead atoms. The molecule has 2 N–H and O–H groups in total. The summed E-state index contributed by atoms with van der Waals surface area (Å²) in [6.07, 6.45) is 7.62. The molecule has 0 aliphatic rings. The molecular weight excluding hydrogens is 254 g/mol. The Morgan fingerprint density at radius 3 is 2.32 bits per heavy atom. The molecule has 1 unspecified atom stereocenters. The van der Waals surface area contributed by atoms with Gasteiger partial charge in [-0.2, -0.15) is 0 Å². The summed E-state index contributed by atoms with van der Waals surface area (Å²) in [6, 6.07) is 8.47. The summed E-state index contributed by atoms with van der Waals surface area (Å²) in [5.41, 5.74) is 8.07. The number of thioether (sulfide) groups is 1. The van der Waals surface area contributed by atoms with Crippen LogP contribution in [0.5, 0.6) is 0 Å². The van der Waals surface area contributed by atoms with Crippen LogP contribution in [0.25, 0.3) is 11.4 Å². The Labute approximate surface area is 118 Å². The van der Waals surface area contributed by atoms with Gasteiger partial charge in [-0.1, -0.05) is 19.1 Å². The van der Waals surface area contributed by atoms with Crippen LogP contribution in [0.1, 0.15) is 18.9 Å². The summed E-state index contributed by atoms with van der Waals surface area (Å²) in [5.74, 6) is 0.765. The lowest BCUT2D eigenvalue weighted by atomic mass is 10.1. The standard InChI is InChI=1S/C15H19N3S/c1-3-13(16)8-11-9-17-15(18-10-11)12-4-6-14(19-2)7-5-12/h4-7,9-10,13H,3,8,16H2,1-2H3. The van der Waals surface area contributed by atoms with E-state index in [1.54, 1.807) is 11.8 Å². The van der Waals surface area contributed by atoms with Crippen LogP contribution < -0.4 is 5.73 Å². The van der Waals surface area contributed by atoms with Gasteiger partial charge in [-0.3, -0.25) is 0 Å². The number of rotatable bonds is 5. The maximum Gasteiger partial charge on any atom is 0.159 e. The van der Waals surface area contributed by atoms with Gasteiger partial charge in [-0.15, -0.1) is 11.8 Å². The molecule has 19 heavy (non-hydrogen) atoms. The van der Waals surface area contributed by atoms with E-state index in [9.17, 15) is 0 Å². The maximum absolute atomic E-state index is 5.93. The molecule has 0 aliphatic heterocycles. The molecule has 4 heteroatoms. The van der Waals surface area contributed by atoms with Crippen molar-refractivity contribution in [3.05, 3.63) is 42.2 Å². The van der Waals surface area contributed by atoms with E-state index in [-0.39, 0.29) is 6.04 Å². The minimum Gasteiger partial charge on any atom is -0.327 e. The minimum atomic E-state index is 0.190. The average Bonchev–Trinajstić information content (AvgIpc) is 2.48. The van der Waals surface area contributed by atoms with Crippen LogP contribution in [-0.2, 0) is 6.42 Å². The Kier molecular flexibility index (Phi) is 4.93. The van der Waals surface area contributed by atoms with Gasteiger partial charge in [-0.05, 0) is 36.8 Å². The summed E-state index contributed by atoms with van der Waals surface area (Å²) >= 11 is 1.73.